The van der Waals surface area contributed by atoms with Gasteiger partial charge in [-0.3, -0.25) is 4.79 Å². The maximum atomic E-state index is 12.7. The molecule has 1 N–H and O–H groups in total. The van der Waals surface area contributed by atoms with Gasteiger partial charge in [0.25, 0.3) is 0 Å². The van der Waals surface area contributed by atoms with E-state index in [0.717, 1.165) is 10.9 Å². The number of aromatic amines is 1. The number of H-pyrrole nitrogens is 1. The maximum absolute atomic E-state index is 12.7. The molecular weight excluding hydrogens is 274 g/mol. The normalized spacial score (nSPS) is 10.7. The third kappa shape index (κ3) is 1.96. The Morgan fingerprint density at radius 3 is 2.65 bits per heavy atom. The molecule has 0 unspecified atom stereocenters. The molecule has 100 valence electrons. The van der Waals surface area contributed by atoms with E-state index in [4.69, 9.17) is 16.3 Å². The van der Waals surface area contributed by atoms with Crippen LogP contribution in [0.4, 0.5) is 0 Å². The number of benzene rings is 2. The van der Waals surface area contributed by atoms with Gasteiger partial charge in [0.15, 0.2) is 5.78 Å². The minimum atomic E-state index is -0.119. The van der Waals surface area contributed by atoms with E-state index in [1.54, 1.807) is 37.6 Å². The van der Waals surface area contributed by atoms with E-state index in [-0.39, 0.29) is 5.78 Å². The van der Waals surface area contributed by atoms with Gasteiger partial charge in [0.1, 0.15) is 5.75 Å². The standard InChI is InChI=1S/C16H12ClNO2/c1-20-14-8-4-7-13-15(14)11(9-18-13)16(19)10-5-2-3-6-12(10)17/h2-9,18H,1H3. The van der Waals surface area contributed by atoms with Crippen molar-refractivity contribution in [2.45, 2.75) is 0 Å². The van der Waals surface area contributed by atoms with Crippen LogP contribution < -0.4 is 4.74 Å². The number of rotatable bonds is 3. The van der Waals surface area contributed by atoms with Crippen molar-refractivity contribution in [1.82, 2.24) is 4.98 Å². The Hall–Kier alpha value is -2.26. The van der Waals surface area contributed by atoms with Crippen molar-refractivity contribution in [2.75, 3.05) is 7.11 Å². The van der Waals surface area contributed by atoms with Crippen LogP contribution in [0.3, 0.4) is 0 Å². The highest BCUT2D eigenvalue weighted by Gasteiger charge is 2.18. The van der Waals surface area contributed by atoms with Crippen molar-refractivity contribution in [2.24, 2.45) is 0 Å². The lowest BCUT2D eigenvalue weighted by molar-refractivity contribution is 0.104. The third-order valence-electron chi connectivity index (χ3n) is 3.25. The van der Waals surface area contributed by atoms with Gasteiger partial charge in [0, 0.05) is 17.3 Å². The smallest absolute Gasteiger partial charge is 0.196 e. The number of carbonyl (C=O) groups excluding carboxylic acids is 1. The van der Waals surface area contributed by atoms with Gasteiger partial charge in [-0.2, -0.15) is 0 Å². The zero-order valence-corrected chi connectivity index (χ0v) is 11.6. The van der Waals surface area contributed by atoms with Gasteiger partial charge in [-0.05, 0) is 24.3 Å². The topological polar surface area (TPSA) is 42.1 Å². The number of carbonyl (C=O) groups is 1. The highest BCUT2D eigenvalue weighted by Crippen LogP contribution is 2.31. The molecule has 0 atom stereocenters. The predicted molar refractivity (Wildman–Crippen MR) is 79.7 cm³/mol. The number of ketones is 1. The summed E-state index contributed by atoms with van der Waals surface area (Å²) in [5.74, 6) is 0.547. The first-order valence-corrected chi connectivity index (χ1v) is 6.53. The van der Waals surface area contributed by atoms with Gasteiger partial charge in [-0.15, -0.1) is 0 Å². The molecule has 0 radical (unpaired) electrons. The number of nitrogens with one attached hydrogen (secondary N) is 1. The molecule has 2 aromatic carbocycles. The summed E-state index contributed by atoms with van der Waals surface area (Å²) >= 11 is 6.10. The summed E-state index contributed by atoms with van der Waals surface area (Å²) in [6, 6.07) is 12.6. The molecule has 0 fully saturated rings. The number of aromatic nitrogens is 1. The molecule has 0 aliphatic rings. The minimum Gasteiger partial charge on any atom is -0.496 e. The average molecular weight is 286 g/mol. The summed E-state index contributed by atoms with van der Waals surface area (Å²) in [5, 5.41) is 1.22. The number of ether oxygens (including phenoxy) is 1. The fraction of sp³-hybridized carbons (Fsp3) is 0.0625. The maximum Gasteiger partial charge on any atom is 0.196 e. The molecule has 4 heteroatoms. The molecule has 0 amide bonds. The number of hydrogen-bond donors (Lipinski definition) is 1. The van der Waals surface area contributed by atoms with Gasteiger partial charge in [0.05, 0.1) is 23.1 Å². The summed E-state index contributed by atoms with van der Waals surface area (Å²) in [7, 11) is 1.59. The van der Waals surface area contributed by atoms with Crippen LogP contribution in [0, 0.1) is 0 Å². The highest BCUT2D eigenvalue weighted by atomic mass is 35.5. The van der Waals surface area contributed by atoms with Crippen molar-refractivity contribution < 1.29 is 9.53 Å². The second-order valence-electron chi connectivity index (χ2n) is 4.39. The van der Waals surface area contributed by atoms with E-state index in [1.165, 1.54) is 0 Å². The van der Waals surface area contributed by atoms with Crippen molar-refractivity contribution in [1.29, 1.82) is 0 Å². The first-order chi connectivity index (χ1) is 9.72. The van der Waals surface area contributed by atoms with Crippen LogP contribution in [0.2, 0.25) is 5.02 Å². The van der Waals surface area contributed by atoms with Crippen molar-refractivity contribution in [3.63, 3.8) is 0 Å². The van der Waals surface area contributed by atoms with E-state index < -0.39 is 0 Å². The SMILES string of the molecule is COc1cccc2[nH]cc(C(=O)c3ccccc3Cl)c12. The summed E-state index contributed by atoms with van der Waals surface area (Å²) in [6.07, 6.45) is 1.69. The van der Waals surface area contributed by atoms with Crippen LogP contribution in [-0.2, 0) is 0 Å². The molecule has 3 rings (SSSR count). The largest absolute Gasteiger partial charge is 0.496 e. The number of fused-ring (bicyclic) bond motifs is 1. The van der Waals surface area contributed by atoms with E-state index in [9.17, 15) is 4.79 Å². The summed E-state index contributed by atoms with van der Waals surface area (Å²) < 4.78 is 5.34. The van der Waals surface area contributed by atoms with Crippen molar-refractivity contribution in [3.05, 3.63) is 64.8 Å². The molecule has 1 heterocycles. The van der Waals surface area contributed by atoms with E-state index in [2.05, 4.69) is 4.98 Å². The van der Waals surface area contributed by atoms with Crippen LogP contribution in [0.25, 0.3) is 10.9 Å². The lowest BCUT2D eigenvalue weighted by Gasteiger charge is -2.05. The van der Waals surface area contributed by atoms with Crippen LogP contribution in [0.1, 0.15) is 15.9 Å². The predicted octanol–water partition coefficient (Wildman–Crippen LogP) is 4.06. The summed E-state index contributed by atoms with van der Waals surface area (Å²) in [6.45, 7) is 0. The van der Waals surface area contributed by atoms with Crippen LogP contribution in [0.5, 0.6) is 5.75 Å². The van der Waals surface area contributed by atoms with E-state index >= 15 is 0 Å². The molecule has 0 saturated carbocycles. The van der Waals surface area contributed by atoms with Crippen molar-refractivity contribution in [3.8, 4) is 5.75 Å². The van der Waals surface area contributed by atoms with Crippen LogP contribution in [0.15, 0.2) is 48.7 Å². The molecule has 20 heavy (non-hydrogen) atoms. The summed E-state index contributed by atoms with van der Waals surface area (Å²) in [5.41, 5.74) is 1.91. The fourth-order valence-corrected chi connectivity index (χ4v) is 2.51. The zero-order chi connectivity index (χ0) is 14.1. The van der Waals surface area contributed by atoms with Gasteiger partial charge in [-0.1, -0.05) is 29.8 Å². The quantitative estimate of drug-likeness (QED) is 0.737. The Morgan fingerprint density at radius 2 is 1.90 bits per heavy atom. The van der Waals surface area contributed by atoms with Gasteiger partial charge in [0.2, 0.25) is 0 Å². The summed E-state index contributed by atoms with van der Waals surface area (Å²) in [4.78, 5) is 15.7. The van der Waals surface area contributed by atoms with E-state index in [0.29, 0.717) is 21.9 Å². The number of methoxy groups -OCH3 is 1. The molecule has 0 aliphatic heterocycles. The lowest BCUT2D eigenvalue weighted by Crippen LogP contribution is -2.01. The monoisotopic (exact) mass is 285 g/mol. The van der Waals surface area contributed by atoms with Crippen molar-refractivity contribution >= 4 is 28.3 Å². The van der Waals surface area contributed by atoms with Gasteiger partial charge >= 0.3 is 0 Å². The number of hydrogen-bond acceptors (Lipinski definition) is 2. The molecule has 3 aromatic rings. The minimum absolute atomic E-state index is 0.119. The Kier molecular flexibility index (Phi) is 3.20. The van der Waals surface area contributed by atoms with Crippen LogP contribution in [-0.4, -0.2) is 17.9 Å². The molecule has 0 spiro atoms. The molecule has 1 aromatic heterocycles. The Labute approximate surface area is 121 Å². The molecule has 0 bridgehead atoms. The Bertz CT molecular complexity index is 792. The molecular formula is C16H12ClNO2. The average Bonchev–Trinajstić information content (AvgIpc) is 2.91. The highest BCUT2D eigenvalue weighted by molar-refractivity contribution is 6.35. The number of halogens is 1. The Morgan fingerprint density at radius 1 is 1.10 bits per heavy atom. The molecule has 3 nitrogen and oxygen atoms in total. The zero-order valence-electron chi connectivity index (χ0n) is 10.8. The second kappa shape index (κ2) is 5.02. The first kappa shape index (κ1) is 12.8. The van der Waals surface area contributed by atoms with E-state index in [1.807, 2.05) is 18.2 Å². The second-order valence-corrected chi connectivity index (χ2v) is 4.80. The van der Waals surface area contributed by atoms with Crippen LogP contribution >= 0.6 is 11.6 Å². The van der Waals surface area contributed by atoms with Gasteiger partial charge < -0.3 is 9.72 Å². The molecule has 0 aliphatic carbocycles. The fourth-order valence-electron chi connectivity index (χ4n) is 2.29. The molecule has 0 saturated heterocycles. The Balaban J connectivity index is 2.20. The van der Waals surface area contributed by atoms with Gasteiger partial charge in [-0.25, -0.2) is 0 Å². The first-order valence-electron chi connectivity index (χ1n) is 6.15. The third-order valence-corrected chi connectivity index (χ3v) is 3.58. The lowest BCUT2D eigenvalue weighted by atomic mass is 10.0.